The van der Waals surface area contributed by atoms with Gasteiger partial charge in [0.1, 0.15) is 0 Å². The monoisotopic (exact) mass is 358 g/mol. The summed E-state index contributed by atoms with van der Waals surface area (Å²) in [5.74, 6) is 0.480. The summed E-state index contributed by atoms with van der Waals surface area (Å²) < 4.78 is 3.37. The highest BCUT2D eigenvalue weighted by molar-refractivity contribution is 6.35. The highest BCUT2D eigenvalue weighted by atomic mass is 16.2. The van der Waals surface area contributed by atoms with Gasteiger partial charge in [-0.2, -0.15) is 0 Å². The first-order valence-corrected chi connectivity index (χ1v) is 11.0. The summed E-state index contributed by atoms with van der Waals surface area (Å²) >= 11 is 0. The van der Waals surface area contributed by atoms with Gasteiger partial charge in [0.2, 0.25) is 5.56 Å². The van der Waals surface area contributed by atoms with Crippen LogP contribution in [0.25, 0.3) is 0 Å². The van der Waals surface area contributed by atoms with Gasteiger partial charge in [-0.3, -0.25) is 4.79 Å². The van der Waals surface area contributed by atoms with Gasteiger partial charge in [-0.1, -0.05) is 70.6 Å². The smallest absolute Gasteiger partial charge is 0.311 e. The molecule has 0 aliphatic heterocycles. The average molecular weight is 358 g/mol. The Hall–Kier alpha value is -1.26. The molecule has 2 aliphatic carbocycles. The van der Waals surface area contributed by atoms with Gasteiger partial charge in [-0.25, -0.2) is 4.79 Å². The number of hydrogen-bond acceptors (Lipinski definition) is 2. The fraction of sp³-hybridized carbons (Fsp3) is 0.810. The summed E-state index contributed by atoms with van der Waals surface area (Å²) in [6.45, 7) is 0. The molecule has 0 unspecified atom stereocenters. The summed E-state index contributed by atoms with van der Waals surface area (Å²) in [6, 6.07) is 0. The van der Waals surface area contributed by atoms with E-state index in [0.29, 0.717) is 13.2 Å². The molecule has 1 saturated carbocycles. The van der Waals surface area contributed by atoms with Crippen molar-refractivity contribution in [3.63, 3.8) is 0 Å². The summed E-state index contributed by atoms with van der Waals surface area (Å²) in [5.41, 5.74) is 1.86. The molecule has 4 nitrogen and oxygen atoms in total. The first kappa shape index (κ1) is 19.5. The molecular weight excluding hydrogens is 323 g/mol. The second kappa shape index (κ2) is 9.61. The number of fused-ring (bicyclic) bond motifs is 1. The molecule has 2 aliphatic rings. The van der Waals surface area contributed by atoms with Crippen molar-refractivity contribution in [3.8, 4) is 0 Å². The van der Waals surface area contributed by atoms with E-state index >= 15 is 0 Å². The lowest BCUT2D eigenvalue weighted by Gasteiger charge is -2.19. The van der Waals surface area contributed by atoms with Crippen molar-refractivity contribution < 1.29 is 0 Å². The van der Waals surface area contributed by atoms with E-state index in [2.05, 4.69) is 0 Å². The highest BCUT2D eigenvalue weighted by Gasteiger charge is 2.21. The third-order valence-corrected chi connectivity index (χ3v) is 6.53. The van der Waals surface area contributed by atoms with Crippen LogP contribution in [-0.2, 0) is 19.9 Å². The van der Waals surface area contributed by atoms with Crippen LogP contribution in [0.5, 0.6) is 0 Å². The summed E-state index contributed by atoms with van der Waals surface area (Å²) in [5, 5.41) is 0. The Morgan fingerprint density at radius 2 is 1.31 bits per heavy atom. The third kappa shape index (κ3) is 4.72. The van der Waals surface area contributed by atoms with Crippen LogP contribution in [0.1, 0.15) is 94.7 Å². The van der Waals surface area contributed by atoms with Gasteiger partial charge in [-0.05, 0) is 31.5 Å². The molecule has 3 rings (SSSR count). The van der Waals surface area contributed by atoms with Gasteiger partial charge in [0.05, 0.1) is 0 Å². The Kier molecular flexibility index (Phi) is 7.21. The lowest BCUT2D eigenvalue weighted by molar-refractivity contribution is 0.603. The summed E-state index contributed by atoms with van der Waals surface area (Å²) in [4.78, 5) is 26.2. The van der Waals surface area contributed by atoms with E-state index in [0.717, 1.165) is 49.8 Å². The van der Waals surface area contributed by atoms with Gasteiger partial charge in [-0.15, -0.1) is 0 Å². The Labute approximate surface area is 158 Å². The van der Waals surface area contributed by atoms with Crippen molar-refractivity contribution in [2.75, 3.05) is 0 Å². The van der Waals surface area contributed by atoms with Crippen LogP contribution in [0.3, 0.4) is 0 Å². The molecular formula is C21H35BN2O2. The standard InChI is InChI=1S/C21H35BN2O2/c1-23-19-16-12-8-4-7-11-15-18(19)20(25)24(21(23)26)22-17-13-9-5-2-3-6-10-14-17/h17,22H,2-16H2,1H3. The maximum Gasteiger partial charge on any atom is 0.318 e. The molecule has 0 aromatic carbocycles. The topological polar surface area (TPSA) is 44.0 Å². The van der Waals surface area contributed by atoms with Crippen LogP contribution in [0.15, 0.2) is 9.59 Å². The van der Waals surface area contributed by atoms with E-state index in [1.54, 1.807) is 9.05 Å². The van der Waals surface area contributed by atoms with Crippen molar-refractivity contribution in [2.24, 2.45) is 7.05 Å². The summed E-state index contributed by atoms with van der Waals surface area (Å²) in [6.07, 6.45) is 17.6. The van der Waals surface area contributed by atoms with E-state index in [1.807, 2.05) is 7.05 Å². The van der Waals surface area contributed by atoms with Crippen molar-refractivity contribution in [3.05, 3.63) is 32.1 Å². The van der Waals surface area contributed by atoms with Crippen molar-refractivity contribution in [1.82, 2.24) is 9.05 Å². The molecule has 0 amide bonds. The van der Waals surface area contributed by atoms with Crippen LogP contribution in [-0.4, -0.2) is 16.5 Å². The number of hydrogen-bond donors (Lipinski definition) is 0. The van der Waals surface area contributed by atoms with E-state index < -0.39 is 0 Å². The number of rotatable bonds is 2. The lowest BCUT2D eigenvalue weighted by Crippen LogP contribution is -2.46. The van der Waals surface area contributed by atoms with Crippen molar-refractivity contribution in [1.29, 1.82) is 0 Å². The zero-order chi connectivity index (χ0) is 18.4. The van der Waals surface area contributed by atoms with Crippen LogP contribution in [0.2, 0.25) is 5.82 Å². The Morgan fingerprint density at radius 1 is 0.769 bits per heavy atom. The minimum atomic E-state index is -0.0899. The van der Waals surface area contributed by atoms with Gasteiger partial charge in [0.25, 0.3) is 7.41 Å². The van der Waals surface area contributed by atoms with E-state index in [9.17, 15) is 9.59 Å². The number of nitrogens with zero attached hydrogens (tertiary/aromatic N) is 2. The molecule has 1 fully saturated rings. The second-order valence-electron chi connectivity index (χ2n) is 8.52. The molecule has 0 saturated heterocycles. The predicted molar refractivity (Wildman–Crippen MR) is 110 cm³/mol. The maximum absolute atomic E-state index is 13.2. The largest absolute Gasteiger partial charge is 0.318 e. The fourth-order valence-electron chi connectivity index (χ4n) is 4.89. The van der Waals surface area contributed by atoms with Crippen LogP contribution in [0, 0.1) is 0 Å². The predicted octanol–water partition coefficient (Wildman–Crippen LogP) is 3.72. The minimum Gasteiger partial charge on any atom is -0.311 e. The molecule has 1 aromatic heterocycles. The molecule has 0 bridgehead atoms. The van der Waals surface area contributed by atoms with Gasteiger partial charge < -0.3 is 9.05 Å². The summed E-state index contributed by atoms with van der Waals surface area (Å²) in [7, 11) is 2.50. The zero-order valence-electron chi connectivity index (χ0n) is 16.6. The number of aromatic nitrogens is 2. The SMILES string of the molecule is Cn1c2c(c(=O)n(BC3CCCCCCCC3)c1=O)CCCCCCC2. The molecule has 5 heteroatoms. The molecule has 0 spiro atoms. The van der Waals surface area contributed by atoms with Crippen molar-refractivity contribution >= 4 is 7.41 Å². The zero-order valence-corrected chi connectivity index (χ0v) is 16.6. The molecule has 1 heterocycles. The Balaban J connectivity index is 1.90. The van der Waals surface area contributed by atoms with Crippen LogP contribution < -0.4 is 11.2 Å². The lowest BCUT2D eigenvalue weighted by atomic mass is 9.69. The first-order chi connectivity index (χ1) is 12.7. The molecule has 144 valence electrons. The molecule has 0 N–H and O–H groups in total. The van der Waals surface area contributed by atoms with Gasteiger partial charge >= 0.3 is 5.69 Å². The Bertz CT molecular complexity index is 697. The quantitative estimate of drug-likeness (QED) is 0.757. The van der Waals surface area contributed by atoms with E-state index in [1.165, 1.54) is 57.8 Å². The first-order valence-electron chi connectivity index (χ1n) is 11.0. The van der Waals surface area contributed by atoms with E-state index in [-0.39, 0.29) is 11.2 Å². The maximum atomic E-state index is 13.2. The second-order valence-corrected chi connectivity index (χ2v) is 8.52. The molecule has 1 aromatic rings. The molecule has 26 heavy (non-hydrogen) atoms. The van der Waals surface area contributed by atoms with Crippen LogP contribution >= 0.6 is 0 Å². The van der Waals surface area contributed by atoms with Crippen LogP contribution in [0.4, 0.5) is 0 Å². The van der Waals surface area contributed by atoms with Gasteiger partial charge in [0, 0.05) is 18.3 Å². The normalized spacial score (nSPS) is 20.7. The third-order valence-electron chi connectivity index (χ3n) is 6.53. The van der Waals surface area contributed by atoms with E-state index in [4.69, 9.17) is 0 Å². The van der Waals surface area contributed by atoms with Gasteiger partial charge in [0.15, 0.2) is 0 Å². The molecule has 0 atom stereocenters. The minimum absolute atomic E-state index is 0.0184. The Morgan fingerprint density at radius 3 is 1.96 bits per heavy atom. The average Bonchev–Trinajstić information content (AvgIpc) is 2.85. The fourth-order valence-corrected chi connectivity index (χ4v) is 4.89. The highest BCUT2D eigenvalue weighted by Crippen LogP contribution is 2.25. The molecule has 0 radical (unpaired) electrons. The van der Waals surface area contributed by atoms with Crippen molar-refractivity contribution in [2.45, 2.75) is 102 Å².